The number of aromatic nitrogens is 3. The zero-order chi connectivity index (χ0) is 14.5. The lowest BCUT2D eigenvalue weighted by Crippen LogP contribution is -2.34. The summed E-state index contributed by atoms with van der Waals surface area (Å²) in [5.74, 6) is 1.69. The van der Waals surface area contributed by atoms with Gasteiger partial charge < -0.3 is 5.32 Å². The smallest absolute Gasteiger partial charge is 0.138 e. The summed E-state index contributed by atoms with van der Waals surface area (Å²) in [6.07, 6.45) is 4.53. The Labute approximate surface area is 117 Å². The maximum Gasteiger partial charge on any atom is 0.138 e. The van der Waals surface area contributed by atoms with Gasteiger partial charge in [-0.1, -0.05) is 26.8 Å². The van der Waals surface area contributed by atoms with Gasteiger partial charge in [0, 0.05) is 24.4 Å². The van der Waals surface area contributed by atoms with E-state index in [1.807, 2.05) is 10.8 Å². The molecule has 0 spiro atoms. The van der Waals surface area contributed by atoms with E-state index < -0.39 is 0 Å². The molecule has 0 radical (unpaired) electrons. The third kappa shape index (κ3) is 4.78. The van der Waals surface area contributed by atoms with E-state index in [9.17, 15) is 0 Å². The van der Waals surface area contributed by atoms with Crippen molar-refractivity contribution in [3.8, 4) is 0 Å². The van der Waals surface area contributed by atoms with Gasteiger partial charge >= 0.3 is 0 Å². The summed E-state index contributed by atoms with van der Waals surface area (Å²) in [5, 5.41) is 7.80. The van der Waals surface area contributed by atoms with E-state index in [2.05, 4.69) is 56.6 Å². The minimum absolute atomic E-state index is 0.00850. The van der Waals surface area contributed by atoms with Gasteiger partial charge in [0.1, 0.15) is 12.2 Å². The quantitative estimate of drug-likeness (QED) is 0.734. The second-order valence-corrected chi connectivity index (χ2v) is 6.27. The number of hydrogen-bond acceptors (Lipinski definition) is 3. The Morgan fingerprint density at radius 1 is 1.42 bits per heavy atom. The van der Waals surface area contributed by atoms with Gasteiger partial charge in [-0.3, -0.25) is 0 Å². The van der Waals surface area contributed by atoms with Gasteiger partial charge in [0.2, 0.25) is 0 Å². The van der Waals surface area contributed by atoms with Crippen LogP contribution in [0.5, 0.6) is 0 Å². The highest BCUT2D eigenvalue weighted by atomic mass is 15.3. The van der Waals surface area contributed by atoms with Crippen LogP contribution in [0.3, 0.4) is 0 Å². The highest BCUT2D eigenvalue weighted by Crippen LogP contribution is 2.23. The Kier molecular flexibility index (Phi) is 5.73. The summed E-state index contributed by atoms with van der Waals surface area (Å²) in [7, 11) is 0. The monoisotopic (exact) mass is 264 g/mol. The van der Waals surface area contributed by atoms with Crippen LogP contribution in [-0.4, -0.2) is 27.9 Å². The molecule has 0 aliphatic heterocycles. The first-order valence-electron chi connectivity index (χ1n) is 7.10. The summed E-state index contributed by atoms with van der Waals surface area (Å²) in [4.78, 5) is 4.39. The first-order chi connectivity index (χ1) is 8.88. The van der Waals surface area contributed by atoms with Crippen LogP contribution in [0.25, 0.3) is 0 Å². The fourth-order valence-electron chi connectivity index (χ4n) is 2.05. The highest BCUT2D eigenvalue weighted by molar-refractivity contribution is 5.02. The first kappa shape index (κ1) is 15.9. The Balaban J connectivity index is 2.69. The normalized spacial score (nSPS) is 14.9. The molecule has 0 saturated heterocycles. The largest absolute Gasteiger partial charge is 0.316 e. The van der Waals surface area contributed by atoms with Crippen LogP contribution >= 0.6 is 0 Å². The molecular weight excluding hydrogens is 236 g/mol. The Hall–Kier alpha value is -1.16. The minimum atomic E-state index is 0.00850. The molecular formula is C15H28N4. The molecule has 1 rings (SSSR count). The predicted molar refractivity (Wildman–Crippen MR) is 80.1 cm³/mol. The molecule has 1 heterocycles. The summed E-state index contributed by atoms with van der Waals surface area (Å²) >= 11 is 0. The predicted octanol–water partition coefficient (Wildman–Crippen LogP) is 2.84. The van der Waals surface area contributed by atoms with Crippen molar-refractivity contribution in [3.63, 3.8) is 0 Å². The summed E-state index contributed by atoms with van der Waals surface area (Å²) in [6, 6.07) is 0.343. The minimum Gasteiger partial charge on any atom is -0.316 e. The molecule has 0 fully saturated rings. The average Bonchev–Trinajstić information content (AvgIpc) is 2.76. The van der Waals surface area contributed by atoms with Crippen LogP contribution in [0.2, 0.25) is 0 Å². The number of nitrogens with zero attached hydrogens (tertiary/aromatic N) is 3. The molecule has 0 bridgehead atoms. The molecule has 108 valence electrons. The molecule has 1 aromatic rings. The van der Waals surface area contributed by atoms with Crippen LogP contribution in [0.1, 0.15) is 46.5 Å². The standard InChI is InChI=1S/C15H28N4/c1-7-15(6,10-16-9-12(2)3)8-14-17-11-18-19(14)13(4)5/h7,11-13,16H,1,8-10H2,2-6H3. The molecule has 0 aromatic carbocycles. The van der Waals surface area contributed by atoms with E-state index in [1.165, 1.54) is 0 Å². The van der Waals surface area contributed by atoms with Crippen molar-refractivity contribution >= 4 is 0 Å². The van der Waals surface area contributed by atoms with Crippen molar-refractivity contribution in [1.82, 2.24) is 20.1 Å². The van der Waals surface area contributed by atoms with Crippen molar-refractivity contribution < 1.29 is 0 Å². The van der Waals surface area contributed by atoms with Crippen LogP contribution in [-0.2, 0) is 6.42 Å². The van der Waals surface area contributed by atoms with Crippen LogP contribution in [0.4, 0.5) is 0 Å². The molecule has 0 saturated carbocycles. The second kappa shape index (κ2) is 6.85. The Bertz CT molecular complexity index is 395. The van der Waals surface area contributed by atoms with Crippen molar-refractivity contribution in [1.29, 1.82) is 0 Å². The van der Waals surface area contributed by atoms with Gasteiger partial charge in [0.15, 0.2) is 0 Å². The van der Waals surface area contributed by atoms with Gasteiger partial charge in [-0.2, -0.15) is 5.10 Å². The van der Waals surface area contributed by atoms with E-state index >= 15 is 0 Å². The Morgan fingerprint density at radius 2 is 2.11 bits per heavy atom. The highest BCUT2D eigenvalue weighted by Gasteiger charge is 2.24. The molecule has 1 N–H and O–H groups in total. The van der Waals surface area contributed by atoms with Gasteiger partial charge in [-0.25, -0.2) is 9.67 Å². The van der Waals surface area contributed by atoms with Gasteiger partial charge in [-0.15, -0.1) is 6.58 Å². The molecule has 1 unspecified atom stereocenters. The number of hydrogen-bond donors (Lipinski definition) is 1. The van der Waals surface area contributed by atoms with Crippen molar-refractivity contribution in [3.05, 3.63) is 24.8 Å². The lowest BCUT2D eigenvalue weighted by atomic mass is 9.86. The third-order valence-corrected chi connectivity index (χ3v) is 3.27. The second-order valence-electron chi connectivity index (χ2n) is 6.27. The van der Waals surface area contributed by atoms with Gasteiger partial charge in [-0.05, 0) is 26.3 Å². The summed E-state index contributed by atoms with van der Waals surface area (Å²) < 4.78 is 1.99. The molecule has 0 aliphatic carbocycles. The number of rotatable bonds is 8. The fourth-order valence-corrected chi connectivity index (χ4v) is 2.05. The van der Waals surface area contributed by atoms with E-state index in [0.717, 1.165) is 25.3 Å². The van der Waals surface area contributed by atoms with E-state index in [0.29, 0.717) is 12.0 Å². The molecule has 19 heavy (non-hydrogen) atoms. The number of nitrogens with one attached hydrogen (secondary N) is 1. The van der Waals surface area contributed by atoms with Crippen LogP contribution in [0, 0.1) is 11.3 Å². The molecule has 0 amide bonds. The maximum atomic E-state index is 4.39. The molecule has 0 aliphatic rings. The average molecular weight is 264 g/mol. The molecule has 4 nitrogen and oxygen atoms in total. The SMILES string of the molecule is C=CC(C)(CNCC(C)C)Cc1ncnn1C(C)C. The van der Waals surface area contributed by atoms with Crippen LogP contribution in [0.15, 0.2) is 19.0 Å². The third-order valence-electron chi connectivity index (χ3n) is 3.27. The van der Waals surface area contributed by atoms with E-state index in [-0.39, 0.29) is 5.41 Å². The summed E-state index contributed by atoms with van der Waals surface area (Å²) in [6.45, 7) is 16.8. The molecule has 1 atom stereocenters. The van der Waals surface area contributed by atoms with Gasteiger partial charge in [0.25, 0.3) is 0 Å². The van der Waals surface area contributed by atoms with E-state index in [1.54, 1.807) is 6.33 Å². The van der Waals surface area contributed by atoms with Crippen molar-refractivity contribution in [2.45, 2.75) is 47.1 Å². The topological polar surface area (TPSA) is 42.7 Å². The van der Waals surface area contributed by atoms with Crippen molar-refractivity contribution in [2.24, 2.45) is 11.3 Å². The van der Waals surface area contributed by atoms with Gasteiger partial charge in [0.05, 0.1) is 0 Å². The van der Waals surface area contributed by atoms with E-state index in [4.69, 9.17) is 0 Å². The summed E-state index contributed by atoms with van der Waals surface area (Å²) in [5.41, 5.74) is 0.00850. The lowest BCUT2D eigenvalue weighted by Gasteiger charge is -2.27. The fraction of sp³-hybridized carbons (Fsp3) is 0.733. The van der Waals surface area contributed by atoms with Crippen molar-refractivity contribution in [2.75, 3.05) is 13.1 Å². The van der Waals surface area contributed by atoms with Crippen LogP contribution < -0.4 is 5.32 Å². The zero-order valence-electron chi connectivity index (χ0n) is 13.0. The Morgan fingerprint density at radius 3 is 2.63 bits per heavy atom. The molecule has 4 heteroatoms. The first-order valence-corrected chi connectivity index (χ1v) is 7.10. The molecule has 1 aromatic heterocycles. The maximum absolute atomic E-state index is 4.39. The zero-order valence-corrected chi connectivity index (χ0v) is 13.0. The lowest BCUT2D eigenvalue weighted by molar-refractivity contribution is 0.357.